The molecule has 2 aromatic rings. The minimum Gasteiger partial charge on any atom is -0.351 e. The molecule has 0 aliphatic carbocycles. The first-order valence-electron chi connectivity index (χ1n) is 8.50. The van der Waals surface area contributed by atoms with Gasteiger partial charge in [0.25, 0.3) is 5.91 Å². The summed E-state index contributed by atoms with van der Waals surface area (Å²) in [6.45, 7) is 2.04. The number of carbonyl (C=O) groups is 2. The van der Waals surface area contributed by atoms with Gasteiger partial charge in [0.1, 0.15) is 4.88 Å². The van der Waals surface area contributed by atoms with Gasteiger partial charge >= 0.3 is 0 Å². The molecule has 134 valence electrons. The number of fused-ring (bicyclic) bond motifs is 1. The topological polar surface area (TPSA) is 49.4 Å². The van der Waals surface area contributed by atoms with Crippen LogP contribution in [0.3, 0.4) is 0 Å². The van der Waals surface area contributed by atoms with Crippen molar-refractivity contribution in [2.75, 3.05) is 19.6 Å². The van der Waals surface area contributed by atoms with Crippen molar-refractivity contribution in [2.24, 2.45) is 0 Å². The number of halogens is 2. The molecule has 1 saturated heterocycles. The van der Waals surface area contributed by atoms with E-state index >= 15 is 0 Å². The van der Waals surface area contributed by atoms with E-state index in [1.807, 2.05) is 17.0 Å². The summed E-state index contributed by atoms with van der Waals surface area (Å²) in [7, 11) is 0. The van der Waals surface area contributed by atoms with Gasteiger partial charge < -0.3 is 10.2 Å². The fourth-order valence-electron chi connectivity index (χ4n) is 3.01. The lowest BCUT2D eigenvalue weighted by molar-refractivity contribution is -0.130. The zero-order chi connectivity index (χ0) is 17.8. The summed E-state index contributed by atoms with van der Waals surface area (Å²) in [4.78, 5) is 26.8. The first-order valence-corrected chi connectivity index (χ1v) is 10.1. The van der Waals surface area contributed by atoms with E-state index in [4.69, 9.17) is 23.2 Å². The Kier molecular flexibility index (Phi) is 6.20. The molecular formula is C18H20Cl2N2O2S. The Bertz CT molecular complexity index is 791. The number of carbonyl (C=O) groups excluding carboxylic acids is 2. The van der Waals surface area contributed by atoms with E-state index in [2.05, 4.69) is 5.32 Å². The third kappa shape index (κ3) is 4.46. The van der Waals surface area contributed by atoms with Gasteiger partial charge in [0.2, 0.25) is 5.91 Å². The fraction of sp³-hybridized carbons (Fsp3) is 0.444. The molecule has 7 heteroatoms. The molecule has 2 amide bonds. The van der Waals surface area contributed by atoms with E-state index in [1.54, 1.807) is 6.07 Å². The van der Waals surface area contributed by atoms with E-state index in [1.165, 1.54) is 11.3 Å². The van der Waals surface area contributed by atoms with Crippen LogP contribution < -0.4 is 5.32 Å². The number of nitrogens with one attached hydrogen (secondary N) is 1. The average Bonchev–Trinajstić information content (AvgIpc) is 2.77. The summed E-state index contributed by atoms with van der Waals surface area (Å²) in [5.41, 5.74) is 0. The highest BCUT2D eigenvalue weighted by Crippen LogP contribution is 2.36. The molecule has 0 spiro atoms. The van der Waals surface area contributed by atoms with E-state index < -0.39 is 0 Å². The van der Waals surface area contributed by atoms with Crippen molar-refractivity contribution >= 4 is 56.4 Å². The van der Waals surface area contributed by atoms with Gasteiger partial charge in [-0.2, -0.15) is 0 Å². The second-order valence-electron chi connectivity index (χ2n) is 6.19. The number of thiophene rings is 1. The molecule has 2 heterocycles. The zero-order valence-corrected chi connectivity index (χ0v) is 16.1. The highest BCUT2D eigenvalue weighted by atomic mass is 35.5. The maximum absolute atomic E-state index is 12.4. The molecule has 25 heavy (non-hydrogen) atoms. The van der Waals surface area contributed by atoms with Crippen LogP contribution >= 0.6 is 34.5 Å². The quantitative estimate of drug-likeness (QED) is 0.739. The van der Waals surface area contributed by atoms with Gasteiger partial charge in [-0.25, -0.2) is 0 Å². The summed E-state index contributed by atoms with van der Waals surface area (Å²) in [5, 5.41) is 4.84. The van der Waals surface area contributed by atoms with Crippen LogP contribution in [0.15, 0.2) is 18.2 Å². The maximum Gasteiger partial charge on any atom is 0.262 e. The Morgan fingerprint density at radius 3 is 2.92 bits per heavy atom. The highest BCUT2D eigenvalue weighted by molar-refractivity contribution is 7.21. The van der Waals surface area contributed by atoms with Crippen LogP contribution in [-0.2, 0) is 4.79 Å². The summed E-state index contributed by atoms with van der Waals surface area (Å²) in [6.07, 6.45) is 4.56. The normalized spacial score (nSPS) is 15.4. The predicted octanol–water partition coefficient (Wildman–Crippen LogP) is 4.73. The highest BCUT2D eigenvalue weighted by Gasteiger charge is 2.18. The van der Waals surface area contributed by atoms with Crippen LogP contribution in [0.4, 0.5) is 0 Å². The second-order valence-corrected chi connectivity index (χ2v) is 8.05. The minimum atomic E-state index is -0.176. The number of hydrogen-bond acceptors (Lipinski definition) is 3. The van der Waals surface area contributed by atoms with Crippen molar-refractivity contribution in [1.82, 2.24) is 10.2 Å². The first-order chi connectivity index (χ1) is 12.1. The SMILES string of the molecule is O=C(NCCCN1CCCCCC1=O)c1sc2cc(Cl)ccc2c1Cl. The van der Waals surface area contributed by atoms with Crippen molar-refractivity contribution in [2.45, 2.75) is 32.1 Å². The van der Waals surface area contributed by atoms with Crippen LogP contribution in [0.25, 0.3) is 10.1 Å². The molecule has 1 aromatic heterocycles. The molecule has 1 fully saturated rings. The van der Waals surface area contributed by atoms with E-state index in [9.17, 15) is 9.59 Å². The van der Waals surface area contributed by atoms with Crippen molar-refractivity contribution in [3.8, 4) is 0 Å². The summed E-state index contributed by atoms with van der Waals surface area (Å²) >= 11 is 13.7. The molecule has 3 rings (SSSR count). The van der Waals surface area contributed by atoms with Crippen LogP contribution in [0, 0.1) is 0 Å². The maximum atomic E-state index is 12.4. The van der Waals surface area contributed by atoms with Gasteiger partial charge in [-0.15, -0.1) is 11.3 Å². The summed E-state index contributed by atoms with van der Waals surface area (Å²) in [6, 6.07) is 5.41. The van der Waals surface area contributed by atoms with Gasteiger partial charge in [-0.3, -0.25) is 9.59 Å². The molecule has 1 N–H and O–H groups in total. The zero-order valence-electron chi connectivity index (χ0n) is 13.8. The van der Waals surface area contributed by atoms with E-state index in [0.717, 1.165) is 42.3 Å². The van der Waals surface area contributed by atoms with Gasteiger partial charge in [0, 0.05) is 41.2 Å². The lowest BCUT2D eigenvalue weighted by Crippen LogP contribution is -2.33. The monoisotopic (exact) mass is 398 g/mol. The van der Waals surface area contributed by atoms with Crippen LogP contribution in [-0.4, -0.2) is 36.3 Å². The fourth-order valence-corrected chi connectivity index (χ4v) is 4.72. The van der Waals surface area contributed by atoms with Crippen LogP contribution in [0.2, 0.25) is 10.0 Å². The Balaban J connectivity index is 1.54. The number of benzene rings is 1. The third-order valence-corrected chi connectivity index (χ3v) is 6.25. The van der Waals surface area contributed by atoms with Crippen molar-refractivity contribution in [1.29, 1.82) is 0 Å². The number of amides is 2. The van der Waals surface area contributed by atoms with Gasteiger partial charge in [-0.1, -0.05) is 35.7 Å². The number of rotatable bonds is 5. The van der Waals surface area contributed by atoms with Crippen LogP contribution in [0.5, 0.6) is 0 Å². The van der Waals surface area contributed by atoms with Crippen molar-refractivity contribution < 1.29 is 9.59 Å². The van der Waals surface area contributed by atoms with Gasteiger partial charge in [-0.05, 0) is 31.4 Å². The Labute approximate surface area is 161 Å². The molecule has 1 aliphatic heterocycles. The number of hydrogen-bond donors (Lipinski definition) is 1. The minimum absolute atomic E-state index is 0.176. The molecule has 0 unspecified atom stereocenters. The van der Waals surface area contributed by atoms with E-state index in [-0.39, 0.29) is 11.8 Å². The average molecular weight is 399 g/mol. The second kappa shape index (κ2) is 8.39. The standard InChI is InChI=1S/C18H20Cl2N2O2S/c19-12-6-7-13-14(11-12)25-17(16(13)20)18(24)21-8-4-10-22-9-3-1-2-5-15(22)23/h6-7,11H,1-5,8-10H2,(H,21,24). The van der Waals surface area contributed by atoms with E-state index in [0.29, 0.717) is 34.4 Å². The molecule has 4 nitrogen and oxygen atoms in total. The van der Waals surface area contributed by atoms with Crippen molar-refractivity contribution in [3.63, 3.8) is 0 Å². The Morgan fingerprint density at radius 2 is 2.08 bits per heavy atom. The molecule has 0 bridgehead atoms. The lowest BCUT2D eigenvalue weighted by Gasteiger charge is -2.20. The largest absolute Gasteiger partial charge is 0.351 e. The lowest BCUT2D eigenvalue weighted by atomic mass is 10.2. The summed E-state index contributed by atoms with van der Waals surface area (Å²) < 4.78 is 0.901. The third-order valence-electron chi connectivity index (χ3n) is 4.36. The van der Waals surface area contributed by atoms with Crippen LogP contribution in [0.1, 0.15) is 41.8 Å². The predicted molar refractivity (Wildman–Crippen MR) is 104 cm³/mol. The molecule has 0 atom stereocenters. The number of nitrogens with zero attached hydrogens (tertiary/aromatic N) is 1. The Morgan fingerprint density at radius 1 is 1.24 bits per heavy atom. The molecule has 1 aliphatic rings. The number of likely N-dealkylation sites (tertiary alicyclic amines) is 1. The molecule has 0 radical (unpaired) electrons. The smallest absolute Gasteiger partial charge is 0.262 e. The molecular weight excluding hydrogens is 379 g/mol. The van der Waals surface area contributed by atoms with Gasteiger partial charge in [0.15, 0.2) is 0 Å². The van der Waals surface area contributed by atoms with Gasteiger partial charge in [0.05, 0.1) is 5.02 Å². The Hall–Kier alpha value is -1.30. The first kappa shape index (κ1) is 18.5. The van der Waals surface area contributed by atoms with Crippen molar-refractivity contribution in [3.05, 3.63) is 33.1 Å². The molecule has 0 saturated carbocycles. The molecule has 1 aromatic carbocycles. The summed E-state index contributed by atoms with van der Waals surface area (Å²) in [5.74, 6) is 0.0535.